The monoisotopic (exact) mass is 333 g/mol. The van der Waals surface area contributed by atoms with Crippen LogP contribution in [-0.2, 0) is 4.79 Å². The van der Waals surface area contributed by atoms with Crippen LogP contribution >= 0.6 is 0 Å². The van der Waals surface area contributed by atoms with E-state index < -0.39 is 28.4 Å². The number of rotatable bonds is 4. The minimum atomic E-state index is -0.799. The molecule has 10 heteroatoms. The number of amides is 2. The van der Waals surface area contributed by atoms with Gasteiger partial charge in [0, 0.05) is 18.6 Å². The van der Waals surface area contributed by atoms with E-state index in [9.17, 15) is 24.5 Å². The van der Waals surface area contributed by atoms with Gasteiger partial charge in [-0.3, -0.25) is 35.3 Å². The maximum Gasteiger partial charge on any atom is 0.312 e. The first-order valence-corrected chi connectivity index (χ1v) is 6.49. The number of hydrazine groups is 1. The third-order valence-electron chi connectivity index (χ3n) is 2.71. The van der Waals surface area contributed by atoms with Crippen molar-refractivity contribution in [2.45, 2.75) is 6.92 Å². The molecule has 2 aromatic rings. The van der Waals surface area contributed by atoms with Crippen LogP contribution in [0.3, 0.4) is 0 Å². The van der Waals surface area contributed by atoms with Crippen LogP contribution in [0.5, 0.6) is 5.75 Å². The Balaban J connectivity index is 2.11. The van der Waals surface area contributed by atoms with Crippen molar-refractivity contribution in [3.05, 3.63) is 58.0 Å². The van der Waals surface area contributed by atoms with E-state index in [1.807, 2.05) is 0 Å². The predicted octanol–water partition coefficient (Wildman–Crippen LogP) is 1.19. The van der Waals surface area contributed by atoms with Crippen LogP contribution in [-0.4, -0.2) is 22.7 Å². The second-order valence-electron chi connectivity index (χ2n) is 4.42. The molecular formula is C14H11N3O7. The van der Waals surface area contributed by atoms with Crippen LogP contribution in [0.4, 0.5) is 5.69 Å². The number of ether oxygens (including phenoxy) is 1. The third kappa shape index (κ3) is 3.94. The largest absolute Gasteiger partial charge is 0.459 e. The number of nitro groups is 1. The standard InChI is InChI=1S/C14H11N3O7/c1-8(18)24-11-5-4-9(7-10(11)17(21)22)13(19)15-16-14(20)12-3-2-6-23-12/h2-7H,1H3,(H,15,19)(H,16,20). The number of carbonyl (C=O) groups is 3. The highest BCUT2D eigenvalue weighted by Gasteiger charge is 2.20. The van der Waals surface area contributed by atoms with Crippen LogP contribution in [0.25, 0.3) is 0 Å². The second kappa shape index (κ2) is 7.05. The van der Waals surface area contributed by atoms with Gasteiger partial charge in [-0.1, -0.05) is 0 Å². The quantitative estimate of drug-likeness (QED) is 0.370. The summed E-state index contributed by atoms with van der Waals surface area (Å²) < 4.78 is 9.53. The molecule has 2 rings (SSSR count). The van der Waals surface area contributed by atoms with Crippen LogP contribution in [0.2, 0.25) is 0 Å². The Morgan fingerprint density at radius 2 is 1.88 bits per heavy atom. The molecule has 0 aliphatic carbocycles. The number of benzene rings is 1. The van der Waals surface area contributed by atoms with Crippen LogP contribution in [0, 0.1) is 10.1 Å². The van der Waals surface area contributed by atoms with E-state index in [4.69, 9.17) is 9.15 Å². The van der Waals surface area contributed by atoms with E-state index in [1.54, 1.807) is 0 Å². The molecule has 1 aromatic carbocycles. The van der Waals surface area contributed by atoms with Gasteiger partial charge in [0.15, 0.2) is 5.76 Å². The summed E-state index contributed by atoms with van der Waals surface area (Å²) in [5.41, 5.74) is 3.50. The van der Waals surface area contributed by atoms with Crippen molar-refractivity contribution >= 4 is 23.5 Å². The average molecular weight is 333 g/mol. The Kier molecular flexibility index (Phi) is 4.90. The van der Waals surface area contributed by atoms with Crippen molar-refractivity contribution in [3.8, 4) is 5.75 Å². The molecule has 0 aliphatic rings. The summed E-state index contributed by atoms with van der Waals surface area (Å²) in [7, 11) is 0. The van der Waals surface area contributed by atoms with Gasteiger partial charge in [-0.2, -0.15) is 0 Å². The first-order valence-electron chi connectivity index (χ1n) is 6.49. The van der Waals surface area contributed by atoms with Gasteiger partial charge in [-0.15, -0.1) is 0 Å². The molecular weight excluding hydrogens is 322 g/mol. The molecule has 124 valence electrons. The number of furan rings is 1. The Hall–Kier alpha value is -3.69. The summed E-state index contributed by atoms with van der Waals surface area (Å²) in [6.07, 6.45) is 1.29. The number of esters is 1. The summed E-state index contributed by atoms with van der Waals surface area (Å²) >= 11 is 0. The van der Waals surface area contributed by atoms with Crippen LogP contribution in [0.15, 0.2) is 41.0 Å². The highest BCUT2D eigenvalue weighted by molar-refractivity contribution is 5.98. The summed E-state index contributed by atoms with van der Waals surface area (Å²) in [6.45, 7) is 1.09. The zero-order valence-electron chi connectivity index (χ0n) is 12.3. The fourth-order valence-electron chi connectivity index (χ4n) is 1.70. The molecule has 0 bridgehead atoms. The number of nitrogens with one attached hydrogen (secondary N) is 2. The summed E-state index contributed by atoms with van der Waals surface area (Å²) in [4.78, 5) is 44.7. The van der Waals surface area contributed by atoms with E-state index in [0.717, 1.165) is 19.1 Å². The highest BCUT2D eigenvalue weighted by atomic mass is 16.6. The summed E-state index contributed by atoms with van der Waals surface area (Å²) in [6, 6.07) is 6.13. The molecule has 0 unspecified atom stereocenters. The topological polar surface area (TPSA) is 141 Å². The first-order chi connectivity index (χ1) is 11.4. The zero-order chi connectivity index (χ0) is 17.7. The third-order valence-corrected chi connectivity index (χ3v) is 2.71. The van der Waals surface area contributed by atoms with Crippen molar-refractivity contribution in [3.63, 3.8) is 0 Å². The van der Waals surface area contributed by atoms with Crippen molar-refractivity contribution in [1.29, 1.82) is 0 Å². The Morgan fingerprint density at radius 3 is 2.46 bits per heavy atom. The molecule has 0 fully saturated rings. The predicted molar refractivity (Wildman–Crippen MR) is 78.0 cm³/mol. The van der Waals surface area contributed by atoms with Gasteiger partial charge in [0.1, 0.15) is 0 Å². The molecule has 1 heterocycles. The van der Waals surface area contributed by atoms with Crippen molar-refractivity contribution in [1.82, 2.24) is 10.9 Å². The molecule has 1 aromatic heterocycles. The molecule has 0 radical (unpaired) electrons. The van der Waals surface area contributed by atoms with E-state index in [1.165, 1.54) is 24.5 Å². The second-order valence-corrected chi connectivity index (χ2v) is 4.42. The number of carbonyl (C=O) groups excluding carboxylic acids is 3. The number of nitrogens with zero attached hydrogens (tertiary/aromatic N) is 1. The molecule has 0 atom stereocenters. The molecule has 2 N–H and O–H groups in total. The summed E-state index contributed by atoms with van der Waals surface area (Å²) in [5.74, 6) is -2.54. The Labute approximate surface area is 134 Å². The molecule has 24 heavy (non-hydrogen) atoms. The van der Waals surface area contributed by atoms with Crippen LogP contribution < -0.4 is 15.6 Å². The zero-order valence-corrected chi connectivity index (χ0v) is 12.3. The maximum atomic E-state index is 11.9. The lowest BCUT2D eigenvalue weighted by Crippen LogP contribution is -2.41. The maximum absolute atomic E-state index is 11.9. The number of hydrogen-bond donors (Lipinski definition) is 2. The number of hydrogen-bond acceptors (Lipinski definition) is 7. The molecule has 10 nitrogen and oxygen atoms in total. The lowest BCUT2D eigenvalue weighted by molar-refractivity contribution is -0.385. The molecule has 0 spiro atoms. The molecule has 2 amide bonds. The van der Waals surface area contributed by atoms with Crippen molar-refractivity contribution in [2.75, 3.05) is 0 Å². The van der Waals surface area contributed by atoms with Gasteiger partial charge in [0.2, 0.25) is 5.75 Å². The Morgan fingerprint density at radius 1 is 1.17 bits per heavy atom. The van der Waals surface area contributed by atoms with Crippen LogP contribution in [0.1, 0.15) is 27.8 Å². The normalized spacial score (nSPS) is 9.88. The molecule has 0 aliphatic heterocycles. The average Bonchev–Trinajstić information content (AvgIpc) is 3.06. The van der Waals surface area contributed by atoms with E-state index in [0.29, 0.717) is 0 Å². The molecule has 0 saturated heterocycles. The van der Waals surface area contributed by atoms with E-state index in [-0.39, 0.29) is 17.1 Å². The fraction of sp³-hybridized carbons (Fsp3) is 0.0714. The van der Waals surface area contributed by atoms with Gasteiger partial charge in [0.05, 0.1) is 11.2 Å². The summed E-state index contributed by atoms with van der Waals surface area (Å²) in [5, 5.41) is 11.0. The van der Waals surface area contributed by atoms with Gasteiger partial charge >= 0.3 is 17.6 Å². The van der Waals surface area contributed by atoms with Crippen molar-refractivity contribution in [2.24, 2.45) is 0 Å². The first kappa shape index (κ1) is 16.7. The van der Waals surface area contributed by atoms with E-state index in [2.05, 4.69) is 10.9 Å². The van der Waals surface area contributed by atoms with Gasteiger partial charge < -0.3 is 9.15 Å². The van der Waals surface area contributed by atoms with Gasteiger partial charge in [-0.05, 0) is 24.3 Å². The minimum absolute atomic E-state index is 0.0218. The highest BCUT2D eigenvalue weighted by Crippen LogP contribution is 2.28. The lowest BCUT2D eigenvalue weighted by Gasteiger charge is -2.07. The van der Waals surface area contributed by atoms with Gasteiger partial charge in [-0.25, -0.2) is 0 Å². The number of nitro benzene ring substituents is 1. The van der Waals surface area contributed by atoms with Crippen molar-refractivity contribution < 1.29 is 28.5 Å². The SMILES string of the molecule is CC(=O)Oc1ccc(C(=O)NNC(=O)c2ccco2)cc1[N+](=O)[O-]. The fourth-order valence-corrected chi connectivity index (χ4v) is 1.70. The van der Waals surface area contributed by atoms with Gasteiger partial charge in [0.25, 0.3) is 5.91 Å². The van der Waals surface area contributed by atoms with E-state index >= 15 is 0 Å². The Bertz CT molecular complexity index is 799. The lowest BCUT2D eigenvalue weighted by atomic mass is 10.2. The molecule has 0 saturated carbocycles. The smallest absolute Gasteiger partial charge is 0.312 e. The minimum Gasteiger partial charge on any atom is -0.459 e.